The van der Waals surface area contributed by atoms with Gasteiger partial charge in [-0.25, -0.2) is 22.8 Å². The molecule has 0 aliphatic carbocycles. The number of aromatic nitrogens is 3. The number of nitrogens with zero attached hydrogens (tertiary/aromatic N) is 4. The number of hydrogen-bond donors (Lipinski definition) is 1. The number of thioether (sulfide) groups is 1. The second-order valence-electron chi connectivity index (χ2n) is 8.67. The minimum Gasteiger partial charge on any atom is -0.382 e. The molecular weight excluding hydrogens is 517 g/mol. The van der Waals surface area contributed by atoms with Crippen LogP contribution < -0.4 is 0 Å². The summed E-state index contributed by atoms with van der Waals surface area (Å²) in [6.45, 7) is 2.19. The molecule has 0 amide bonds. The molecule has 2 unspecified atom stereocenters. The molecule has 0 radical (unpaired) electrons. The van der Waals surface area contributed by atoms with Crippen LogP contribution in [0.4, 0.5) is 13.2 Å². The number of halogens is 3. The zero-order chi connectivity index (χ0) is 27.1. The molecule has 11 heteroatoms. The molecule has 2 atom stereocenters. The summed E-state index contributed by atoms with van der Waals surface area (Å²) >= 11 is 1.34. The van der Waals surface area contributed by atoms with Crippen molar-refractivity contribution < 1.29 is 27.8 Å². The number of nitriles is 1. The van der Waals surface area contributed by atoms with Gasteiger partial charge in [-0.3, -0.25) is 0 Å². The van der Waals surface area contributed by atoms with Gasteiger partial charge in [0, 0.05) is 16.4 Å². The largest absolute Gasteiger partial charge is 0.382 e. The van der Waals surface area contributed by atoms with E-state index in [0.29, 0.717) is 18.8 Å². The van der Waals surface area contributed by atoms with Gasteiger partial charge in [0.2, 0.25) is 0 Å². The summed E-state index contributed by atoms with van der Waals surface area (Å²) in [6.07, 6.45) is 8.62. The molecule has 0 saturated carbocycles. The van der Waals surface area contributed by atoms with Crippen molar-refractivity contribution >= 4 is 17.8 Å². The Morgan fingerprint density at radius 3 is 2.66 bits per heavy atom. The van der Waals surface area contributed by atoms with E-state index in [1.165, 1.54) is 47.3 Å². The smallest absolute Gasteiger partial charge is 0.177 e. The summed E-state index contributed by atoms with van der Waals surface area (Å²) in [5.74, 6) is -1.88. The van der Waals surface area contributed by atoms with Gasteiger partial charge in [-0.05, 0) is 36.4 Å². The van der Waals surface area contributed by atoms with Gasteiger partial charge in [-0.2, -0.15) is 10.4 Å². The van der Waals surface area contributed by atoms with Crippen LogP contribution >= 0.6 is 11.8 Å². The van der Waals surface area contributed by atoms with Crippen LogP contribution in [0, 0.1) is 28.8 Å². The fraction of sp³-hybridized carbons (Fsp3) is 0.296. The molecule has 2 aromatic carbocycles. The predicted octanol–water partition coefficient (Wildman–Crippen LogP) is 4.59. The van der Waals surface area contributed by atoms with Gasteiger partial charge in [-0.1, -0.05) is 31.2 Å². The molecule has 1 aliphatic rings. The number of benzene rings is 2. The molecule has 4 rings (SSSR count). The highest BCUT2D eigenvalue weighted by atomic mass is 32.2. The van der Waals surface area contributed by atoms with E-state index in [4.69, 9.17) is 14.7 Å². The summed E-state index contributed by atoms with van der Waals surface area (Å²) < 4.78 is 55.5. The van der Waals surface area contributed by atoms with Crippen LogP contribution in [-0.2, 0) is 21.6 Å². The minimum absolute atomic E-state index is 0.131. The van der Waals surface area contributed by atoms with Crippen molar-refractivity contribution in [1.29, 1.82) is 5.26 Å². The van der Waals surface area contributed by atoms with E-state index in [1.807, 2.05) is 6.07 Å². The lowest BCUT2D eigenvalue weighted by atomic mass is 9.90. The molecule has 7 nitrogen and oxygen atoms in total. The van der Waals surface area contributed by atoms with Crippen molar-refractivity contribution in [2.45, 2.75) is 35.9 Å². The van der Waals surface area contributed by atoms with Crippen LogP contribution in [0.1, 0.15) is 23.6 Å². The van der Waals surface area contributed by atoms with Gasteiger partial charge in [0.25, 0.3) is 0 Å². The summed E-state index contributed by atoms with van der Waals surface area (Å²) in [5, 5.41) is 23.7. The van der Waals surface area contributed by atoms with Crippen molar-refractivity contribution in [3.8, 4) is 6.07 Å². The van der Waals surface area contributed by atoms with Gasteiger partial charge in [0.15, 0.2) is 6.29 Å². The molecule has 0 bridgehead atoms. The Bertz CT molecular complexity index is 1340. The molecule has 0 spiro atoms. The Balaban J connectivity index is 1.36. The zero-order valence-corrected chi connectivity index (χ0v) is 21.2. The highest BCUT2D eigenvalue weighted by Crippen LogP contribution is 2.38. The Kier molecular flexibility index (Phi) is 9.01. The molecule has 1 aliphatic heterocycles. The summed E-state index contributed by atoms with van der Waals surface area (Å²) in [6, 6.07) is 9.10. The normalized spacial score (nSPS) is 20.4. The zero-order valence-electron chi connectivity index (χ0n) is 20.4. The molecule has 3 aromatic rings. The maximum atomic E-state index is 14.7. The molecule has 1 N–H and O–H groups in total. The quantitative estimate of drug-likeness (QED) is 0.396. The third-order valence-corrected chi connectivity index (χ3v) is 7.47. The average molecular weight is 543 g/mol. The van der Waals surface area contributed by atoms with E-state index in [0.717, 1.165) is 18.2 Å². The van der Waals surface area contributed by atoms with E-state index in [1.54, 1.807) is 31.2 Å². The molecule has 2 heterocycles. The third kappa shape index (κ3) is 6.71. The molecule has 1 aromatic heterocycles. The van der Waals surface area contributed by atoms with Crippen molar-refractivity contribution in [3.63, 3.8) is 0 Å². The van der Waals surface area contributed by atoms with Crippen molar-refractivity contribution in [2.75, 3.05) is 13.2 Å². The number of allylic oxidation sites excluding steroid dienone is 2. The van der Waals surface area contributed by atoms with Gasteiger partial charge in [0.1, 0.15) is 35.7 Å². The number of ether oxygens (including phenoxy) is 2. The number of rotatable bonds is 9. The molecule has 38 heavy (non-hydrogen) atoms. The van der Waals surface area contributed by atoms with Crippen LogP contribution in [0.3, 0.4) is 0 Å². The summed E-state index contributed by atoms with van der Waals surface area (Å²) in [5.41, 5.74) is -1.37. The maximum Gasteiger partial charge on any atom is 0.177 e. The van der Waals surface area contributed by atoms with Crippen LogP contribution in [0.2, 0.25) is 0 Å². The topological polar surface area (TPSA) is 93.2 Å². The second kappa shape index (κ2) is 12.4. The lowest BCUT2D eigenvalue weighted by Gasteiger charge is -2.37. The van der Waals surface area contributed by atoms with E-state index in [2.05, 4.69) is 10.1 Å². The second-order valence-corrected chi connectivity index (χ2v) is 10.3. The highest BCUT2D eigenvalue weighted by Gasteiger charge is 2.41. The summed E-state index contributed by atoms with van der Waals surface area (Å²) in [7, 11) is 0. The first-order chi connectivity index (χ1) is 18.3. The van der Waals surface area contributed by atoms with Crippen LogP contribution in [0.5, 0.6) is 0 Å². The molecule has 198 valence electrons. The lowest BCUT2D eigenvalue weighted by molar-refractivity contribution is -0.146. The number of aliphatic hydroxyl groups is 1. The Morgan fingerprint density at radius 1 is 1.18 bits per heavy atom. The molecule has 1 saturated heterocycles. The third-order valence-electron chi connectivity index (χ3n) is 6.01. The Hall–Kier alpha value is -3.43. The highest BCUT2D eigenvalue weighted by molar-refractivity contribution is 8.00. The van der Waals surface area contributed by atoms with Crippen molar-refractivity contribution in [2.24, 2.45) is 0 Å². The first-order valence-corrected chi connectivity index (χ1v) is 12.7. The van der Waals surface area contributed by atoms with E-state index >= 15 is 0 Å². The first-order valence-electron chi connectivity index (χ1n) is 11.7. The van der Waals surface area contributed by atoms with Crippen LogP contribution in [-0.4, -0.2) is 49.9 Å². The van der Waals surface area contributed by atoms with Crippen LogP contribution in [0.25, 0.3) is 6.08 Å². The Labute approximate surface area is 222 Å². The van der Waals surface area contributed by atoms with E-state index < -0.39 is 34.6 Å². The average Bonchev–Trinajstić information content (AvgIpc) is 3.42. The SMILES string of the molecule is CC(SC1COC(/C=C/C=C/c2ccc(C#N)cc2F)OC1)C(O)(Cn1cncn1)c1cc(F)ccc1F. The van der Waals surface area contributed by atoms with Gasteiger partial charge in [0.05, 0.1) is 36.6 Å². The fourth-order valence-electron chi connectivity index (χ4n) is 3.96. The van der Waals surface area contributed by atoms with E-state index in [-0.39, 0.29) is 22.9 Å². The summed E-state index contributed by atoms with van der Waals surface area (Å²) in [4.78, 5) is 3.87. The van der Waals surface area contributed by atoms with Crippen LogP contribution in [0.15, 0.2) is 67.3 Å². The van der Waals surface area contributed by atoms with Gasteiger partial charge >= 0.3 is 0 Å². The predicted molar refractivity (Wildman–Crippen MR) is 136 cm³/mol. The standard InChI is InChI=1S/C27H25F3N4O3S/c1-18(27(35,15-34-17-32-16-33-34)23-11-21(28)8-9-24(23)29)38-22-13-36-26(37-14-22)5-3-2-4-20-7-6-19(12-31)10-25(20)30/h2-11,16-18,22,26,35H,13-15H2,1H3/b4-2+,5-3+. The maximum absolute atomic E-state index is 14.7. The van der Waals surface area contributed by atoms with Crippen molar-refractivity contribution in [3.05, 3.63) is 101 Å². The number of hydrogen-bond acceptors (Lipinski definition) is 7. The van der Waals surface area contributed by atoms with E-state index in [9.17, 15) is 18.3 Å². The molecular formula is C27H25F3N4O3S. The molecule has 1 fully saturated rings. The van der Waals surface area contributed by atoms with Crippen molar-refractivity contribution in [1.82, 2.24) is 14.8 Å². The minimum atomic E-state index is -1.80. The Morgan fingerprint density at radius 2 is 1.97 bits per heavy atom. The van der Waals surface area contributed by atoms with Gasteiger partial charge in [-0.15, -0.1) is 11.8 Å². The fourth-order valence-corrected chi connectivity index (χ4v) is 5.28. The van der Waals surface area contributed by atoms with Gasteiger partial charge < -0.3 is 14.6 Å². The monoisotopic (exact) mass is 542 g/mol. The lowest BCUT2D eigenvalue weighted by Crippen LogP contribution is -2.43. The first kappa shape index (κ1) is 27.6.